The first-order valence-electron chi connectivity index (χ1n) is 6.31. The van der Waals surface area contributed by atoms with Gasteiger partial charge in [0.2, 0.25) is 0 Å². The lowest BCUT2D eigenvalue weighted by molar-refractivity contribution is -0.386. The van der Waals surface area contributed by atoms with Crippen LogP contribution in [-0.2, 0) is 12.8 Å². The summed E-state index contributed by atoms with van der Waals surface area (Å²) in [5.41, 5.74) is 0.389. The molecule has 0 unspecified atom stereocenters. The molecule has 0 aliphatic heterocycles. The van der Waals surface area contributed by atoms with Crippen LogP contribution in [0.2, 0.25) is 0 Å². The van der Waals surface area contributed by atoms with Crippen LogP contribution in [0.4, 0.5) is 5.69 Å². The average Bonchev–Trinajstić information content (AvgIpc) is 2.85. The number of aromatic carboxylic acids is 1. The number of aryl methyl sites for hydroxylation is 1. The lowest BCUT2D eigenvalue weighted by atomic mass is 10.2. The molecule has 9 nitrogen and oxygen atoms in total. The second-order valence-corrected chi connectivity index (χ2v) is 4.19. The Morgan fingerprint density at radius 1 is 1.43 bits per heavy atom. The quantitative estimate of drug-likeness (QED) is 0.651. The zero-order valence-corrected chi connectivity index (χ0v) is 11.5. The molecule has 0 fully saturated rings. The molecule has 2 heterocycles. The van der Waals surface area contributed by atoms with Crippen molar-refractivity contribution in [2.24, 2.45) is 0 Å². The summed E-state index contributed by atoms with van der Waals surface area (Å²) in [4.78, 5) is 22.0. The van der Waals surface area contributed by atoms with E-state index in [1.807, 2.05) is 0 Å². The fraction of sp³-hybridized carbons (Fsp3) is 0.333. The van der Waals surface area contributed by atoms with E-state index in [4.69, 9.17) is 0 Å². The molecule has 0 saturated carbocycles. The summed E-state index contributed by atoms with van der Waals surface area (Å²) in [5, 5.41) is 32.0. The van der Waals surface area contributed by atoms with Crippen LogP contribution in [0.15, 0.2) is 12.3 Å². The van der Waals surface area contributed by atoms with Gasteiger partial charge in [0.25, 0.3) is 0 Å². The van der Waals surface area contributed by atoms with Crippen molar-refractivity contribution >= 4 is 11.7 Å². The molecule has 2 aromatic heterocycles. The van der Waals surface area contributed by atoms with Crippen LogP contribution in [0.3, 0.4) is 0 Å². The van der Waals surface area contributed by atoms with Crippen molar-refractivity contribution in [2.75, 3.05) is 0 Å². The molecule has 110 valence electrons. The van der Waals surface area contributed by atoms with E-state index in [1.54, 1.807) is 13.8 Å². The van der Waals surface area contributed by atoms with E-state index in [0.717, 1.165) is 0 Å². The van der Waals surface area contributed by atoms with Gasteiger partial charge in [0.15, 0.2) is 5.82 Å². The molecular weight excluding hydrogens is 278 g/mol. The smallest absolute Gasteiger partial charge is 0.339 e. The van der Waals surface area contributed by atoms with Crippen LogP contribution in [0.5, 0.6) is 0 Å². The predicted molar refractivity (Wildman–Crippen MR) is 71.5 cm³/mol. The van der Waals surface area contributed by atoms with Crippen molar-refractivity contribution in [3.05, 3.63) is 39.3 Å². The normalized spacial score (nSPS) is 10.6. The Labute approximate surface area is 119 Å². The molecule has 1 N–H and O–H groups in total. The van der Waals surface area contributed by atoms with Gasteiger partial charge in [0, 0.05) is 0 Å². The third-order valence-corrected chi connectivity index (χ3v) is 3.01. The lowest BCUT2D eigenvalue weighted by Gasteiger charge is -2.06. The van der Waals surface area contributed by atoms with E-state index in [9.17, 15) is 20.0 Å². The lowest BCUT2D eigenvalue weighted by Crippen LogP contribution is -2.12. The molecule has 0 amide bonds. The summed E-state index contributed by atoms with van der Waals surface area (Å²) in [6.07, 6.45) is 1.93. The minimum atomic E-state index is -1.20. The van der Waals surface area contributed by atoms with E-state index in [-0.39, 0.29) is 17.1 Å². The SMILES string of the molecule is CCc1nn(-c2nnccc2C(=O)O)c(CC)c1[N+](=O)[O-]. The first-order valence-corrected chi connectivity index (χ1v) is 6.31. The number of carbonyl (C=O) groups is 1. The van der Waals surface area contributed by atoms with Crippen molar-refractivity contribution in [1.29, 1.82) is 0 Å². The summed E-state index contributed by atoms with van der Waals surface area (Å²) in [6.45, 7) is 3.48. The first-order chi connectivity index (χ1) is 10.0. The highest BCUT2D eigenvalue weighted by molar-refractivity contribution is 5.90. The van der Waals surface area contributed by atoms with Gasteiger partial charge < -0.3 is 5.11 Å². The fourth-order valence-corrected chi connectivity index (χ4v) is 2.08. The molecule has 0 radical (unpaired) electrons. The van der Waals surface area contributed by atoms with Crippen molar-refractivity contribution in [1.82, 2.24) is 20.0 Å². The van der Waals surface area contributed by atoms with Gasteiger partial charge in [-0.15, -0.1) is 5.10 Å². The second kappa shape index (κ2) is 5.65. The van der Waals surface area contributed by atoms with Gasteiger partial charge in [0.1, 0.15) is 17.0 Å². The molecule has 0 aliphatic rings. The van der Waals surface area contributed by atoms with E-state index in [2.05, 4.69) is 15.3 Å². The third kappa shape index (κ3) is 2.45. The summed E-state index contributed by atoms with van der Waals surface area (Å²) in [5.74, 6) is -1.22. The monoisotopic (exact) mass is 291 g/mol. The Hall–Kier alpha value is -2.84. The Morgan fingerprint density at radius 2 is 2.14 bits per heavy atom. The maximum atomic E-state index is 11.2. The van der Waals surface area contributed by atoms with Crippen LogP contribution in [0, 0.1) is 10.1 Å². The number of hydrogen-bond donors (Lipinski definition) is 1. The Bertz CT molecular complexity index is 710. The van der Waals surface area contributed by atoms with Crippen molar-refractivity contribution in [2.45, 2.75) is 26.7 Å². The molecular formula is C12H13N5O4. The molecule has 2 aromatic rings. The number of aromatic nitrogens is 4. The maximum absolute atomic E-state index is 11.2. The summed E-state index contributed by atoms with van der Waals surface area (Å²) >= 11 is 0. The largest absolute Gasteiger partial charge is 0.478 e. The molecule has 0 saturated heterocycles. The zero-order chi connectivity index (χ0) is 15.6. The van der Waals surface area contributed by atoms with Gasteiger partial charge in [-0.05, 0) is 18.9 Å². The minimum Gasteiger partial charge on any atom is -0.478 e. The van der Waals surface area contributed by atoms with Gasteiger partial charge in [-0.25, -0.2) is 9.48 Å². The molecule has 2 rings (SSSR count). The third-order valence-electron chi connectivity index (χ3n) is 3.01. The van der Waals surface area contributed by atoms with Crippen LogP contribution in [0.25, 0.3) is 5.82 Å². The van der Waals surface area contributed by atoms with E-state index in [0.29, 0.717) is 24.2 Å². The van der Waals surface area contributed by atoms with Crippen molar-refractivity contribution in [3.8, 4) is 5.82 Å². The van der Waals surface area contributed by atoms with Gasteiger partial charge in [-0.3, -0.25) is 10.1 Å². The maximum Gasteiger partial charge on any atom is 0.339 e. The van der Waals surface area contributed by atoms with E-state index >= 15 is 0 Å². The summed E-state index contributed by atoms with van der Waals surface area (Å²) in [7, 11) is 0. The minimum absolute atomic E-state index is 0.0235. The van der Waals surface area contributed by atoms with Crippen molar-refractivity contribution < 1.29 is 14.8 Å². The predicted octanol–water partition coefficient (Wildman–Crippen LogP) is 1.39. The van der Waals surface area contributed by atoms with Gasteiger partial charge in [-0.2, -0.15) is 10.2 Å². The Balaban J connectivity index is 2.76. The highest BCUT2D eigenvalue weighted by Crippen LogP contribution is 2.27. The number of nitrogens with zero attached hydrogens (tertiary/aromatic N) is 5. The van der Waals surface area contributed by atoms with Gasteiger partial charge in [-0.1, -0.05) is 13.8 Å². The molecule has 9 heteroatoms. The molecule has 0 aromatic carbocycles. The molecule has 0 aliphatic carbocycles. The number of carboxylic acid groups (broad SMARTS) is 1. The number of nitro groups is 1. The standard InChI is InChI=1S/C12H13N5O4/c1-3-8-10(17(20)21)9(4-2)16(15-8)11-7(12(18)19)5-6-13-14-11/h5-6H,3-4H2,1-2H3,(H,18,19). The highest BCUT2D eigenvalue weighted by atomic mass is 16.6. The summed E-state index contributed by atoms with van der Waals surface area (Å²) in [6, 6.07) is 1.28. The van der Waals surface area contributed by atoms with Gasteiger partial charge in [0.05, 0.1) is 11.1 Å². The van der Waals surface area contributed by atoms with Crippen molar-refractivity contribution in [3.63, 3.8) is 0 Å². The highest BCUT2D eigenvalue weighted by Gasteiger charge is 2.28. The average molecular weight is 291 g/mol. The van der Waals surface area contributed by atoms with Crippen LogP contribution >= 0.6 is 0 Å². The summed E-state index contributed by atoms with van der Waals surface area (Å²) < 4.78 is 1.20. The zero-order valence-electron chi connectivity index (χ0n) is 11.5. The van der Waals surface area contributed by atoms with E-state index < -0.39 is 10.9 Å². The molecule has 0 bridgehead atoms. The van der Waals surface area contributed by atoms with Crippen LogP contribution in [-0.4, -0.2) is 36.0 Å². The Morgan fingerprint density at radius 3 is 2.67 bits per heavy atom. The number of rotatable bonds is 5. The number of carboxylic acids is 1. The molecule has 0 spiro atoms. The second-order valence-electron chi connectivity index (χ2n) is 4.19. The van der Waals surface area contributed by atoms with Crippen LogP contribution < -0.4 is 0 Å². The molecule has 0 atom stereocenters. The topological polar surface area (TPSA) is 124 Å². The van der Waals surface area contributed by atoms with Crippen LogP contribution in [0.1, 0.15) is 35.6 Å². The molecule has 21 heavy (non-hydrogen) atoms. The number of hydrogen-bond acceptors (Lipinski definition) is 6. The van der Waals surface area contributed by atoms with Gasteiger partial charge >= 0.3 is 11.7 Å². The Kier molecular flexibility index (Phi) is 3.92. The first kappa shape index (κ1) is 14.6. The fourth-order valence-electron chi connectivity index (χ4n) is 2.08. The van der Waals surface area contributed by atoms with E-state index in [1.165, 1.54) is 16.9 Å².